The minimum Gasteiger partial charge on any atom is -0.476 e. The quantitative estimate of drug-likeness (QED) is 0.866. The summed E-state index contributed by atoms with van der Waals surface area (Å²) in [7, 11) is 0. The monoisotopic (exact) mass is 276 g/mol. The molecule has 0 spiro atoms. The number of hydrogen-bond donors (Lipinski definition) is 1. The zero-order valence-electron chi connectivity index (χ0n) is 11.1. The van der Waals surface area contributed by atoms with Crippen molar-refractivity contribution in [3.8, 4) is 0 Å². The second-order valence-electron chi connectivity index (χ2n) is 4.37. The highest BCUT2D eigenvalue weighted by atomic mass is 16.7. The molecule has 2 rings (SSSR count). The average Bonchev–Trinajstić information content (AvgIpc) is 2.34. The third-order valence-electron chi connectivity index (χ3n) is 2.85. The van der Waals surface area contributed by atoms with Crippen LogP contribution in [0.4, 0.5) is 0 Å². The predicted octanol–water partition coefficient (Wildman–Crippen LogP) is 0.687. The molecule has 1 N–H and O–H groups in total. The van der Waals surface area contributed by atoms with Gasteiger partial charge in [-0.3, -0.25) is 4.79 Å². The molecule has 0 aliphatic carbocycles. The van der Waals surface area contributed by atoms with Crippen LogP contribution in [0.3, 0.4) is 0 Å². The number of aryl methyl sites for hydroxylation is 2. The van der Waals surface area contributed by atoms with E-state index in [2.05, 4.69) is 4.98 Å². The van der Waals surface area contributed by atoms with Crippen LogP contribution in [0.25, 0.3) is 11.0 Å². The van der Waals surface area contributed by atoms with E-state index in [1.807, 2.05) is 13.8 Å². The van der Waals surface area contributed by atoms with Crippen LogP contribution in [0.1, 0.15) is 28.5 Å². The Morgan fingerprint density at radius 3 is 2.40 bits per heavy atom. The van der Waals surface area contributed by atoms with Crippen LogP contribution < -0.4 is 10.4 Å². The molecule has 7 nitrogen and oxygen atoms in total. The molecular formula is C13H12N2O5. The van der Waals surface area contributed by atoms with Gasteiger partial charge in [0.1, 0.15) is 5.52 Å². The first kappa shape index (κ1) is 13.7. The van der Waals surface area contributed by atoms with Gasteiger partial charge in [0, 0.05) is 6.92 Å². The van der Waals surface area contributed by atoms with Crippen molar-refractivity contribution in [2.45, 2.75) is 20.8 Å². The van der Waals surface area contributed by atoms with Gasteiger partial charge in [0.25, 0.3) is 0 Å². The number of carboxylic acid groups (broad SMARTS) is 1. The topological polar surface area (TPSA) is 98.5 Å². The van der Waals surface area contributed by atoms with E-state index in [-0.39, 0.29) is 11.0 Å². The fraction of sp³-hybridized carbons (Fsp3) is 0.231. The van der Waals surface area contributed by atoms with Crippen molar-refractivity contribution < 1.29 is 19.5 Å². The standard InChI is InChI=1S/C13H12N2O5/c1-6-4-9-10(5-7(6)2)15(20-8(3)16)12(17)11(14-9)13(18)19/h4-5H,1-3H3,(H,18,19). The molecule has 0 atom stereocenters. The van der Waals surface area contributed by atoms with Crippen LogP contribution in [-0.2, 0) is 4.79 Å². The highest BCUT2D eigenvalue weighted by Gasteiger charge is 2.19. The smallest absolute Gasteiger partial charge is 0.360 e. The van der Waals surface area contributed by atoms with Gasteiger partial charge in [-0.05, 0) is 37.1 Å². The van der Waals surface area contributed by atoms with Crippen molar-refractivity contribution in [1.29, 1.82) is 0 Å². The molecule has 0 aliphatic rings. The first-order valence-corrected chi connectivity index (χ1v) is 5.77. The molecule has 7 heteroatoms. The van der Waals surface area contributed by atoms with E-state index in [9.17, 15) is 14.4 Å². The number of aromatic carboxylic acids is 1. The Morgan fingerprint density at radius 2 is 1.85 bits per heavy atom. The second kappa shape index (κ2) is 4.76. The second-order valence-corrected chi connectivity index (χ2v) is 4.37. The summed E-state index contributed by atoms with van der Waals surface area (Å²) in [5, 5.41) is 8.99. The van der Waals surface area contributed by atoms with Crippen LogP contribution in [0.15, 0.2) is 16.9 Å². The molecule has 104 valence electrons. The number of carbonyl (C=O) groups excluding carboxylic acids is 1. The van der Waals surface area contributed by atoms with Gasteiger partial charge >= 0.3 is 17.5 Å². The van der Waals surface area contributed by atoms with E-state index in [1.165, 1.54) is 0 Å². The molecule has 0 aliphatic heterocycles. The summed E-state index contributed by atoms with van der Waals surface area (Å²) in [4.78, 5) is 42.8. The first-order valence-electron chi connectivity index (χ1n) is 5.77. The average molecular weight is 276 g/mol. The minimum atomic E-state index is -1.48. The highest BCUT2D eigenvalue weighted by molar-refractivity contribution is 5.88. The molecule has 1 aromatic carbocycles. The van der Waals surface area contributed by atoms with E-state index in [1.54, 1.807) is 12.1 Å². The minimum absolute atomic E-state index is 0.248. The lowest BCUT2D eigenvalue weighted by molar-refractivity contribution is -0.141. The summed E-state index contributed by atoms with van der Waals surface area (Å²) < 4.78 is 0.667. The van der Waals surface area contributed by atoms with E-state index in [0.29, 0.717) is 4.73 Å². The Bertz CT molecular complexity index is 791. The van der Waals surface area contributed by atoms with Crippen molar-refractivity contribution in [1.82, 2.24) is 9.71 Å². The number of rotatable bonds is 2. The van der Waals surface area contributed by atoms with Gasteiger partial charge in [-0.25, -0.2) is 14.6 Å². The summed E-state index contributed by atoms with van der Waals surface area (Å²) in [5.41, 5.74) is 0.590. The molecule has 0 saturated carbocycles. The number of aromatic nitrogens is 2. The molecule has 0 fully saturated rings. The number of carbonyl (C=O) groups is 2. The fourth-order valence-electron chi connectivity index (χ4n) is 1.77. The van der Waals surface area contributed by atoms with Gasteiger partial charge in [-0.1, -0.05) is 0 Å². The summed E-state index contributed by atoms with van der Waals surface area (Å²) in [5.74, 6) is -2.20. The molecule has 0 radical (unpaired) electrons. The number of hydrogen-bond acceptors (Lipinski definition) is 5. The Kier molecular flexibility index (Phi) is 3.27. The molecule has 2 aromatic rings. The molecule has 0 bridgehead atoms. The normalized spacial score (nSPS) is 10.6. The zero-order chi connectivity index (χ0) is 15.0. The van der Waals surface area contributed by atoms with Crippen LogP contribution >= 0.6 is 0 Å². The largest absolute Gasteiger partial charge is 0.476 e. The van der Waals surface area contributed by atoms with Crippen LogP contribution in [0, 0.1) is 13.8 Å². The Hall–Kier alpha value is -2.70. The van der Waals surface area contributed by atoms with Crippen molar-refractivity contribution in [3.05, 3.63) is 39.3 Å². The van der Waals surface area contributed by atoms with Crippen molar-refractivity contribution >= 4 is 23.0 Å². The van der Waals surface area contributed by atoms with Gasteiger partial charge in [0.15, 0.2) is 0 Å². The molecule has 1 aromatic heterocycles. The number of nitrogens with zero attached hydrogens (tertiary/aromatic N) is 2. The first-order chi connectivity index (χ1) is 9.31. The predicted molar refractivity (Wildman–Crippen MR) is 69.7 cm³/mol. The van der Waals surface area contributed by atoms with Crippen molar-refractivity contribution in [2.24, 2.45) is 0 Å². The zero-order valence-corrected chi connectivity index (χ0v) is 11.1. The summed E-state index contributed by atoms with van der Waals surface area (Å²) in [6.07, 6.45) is 0. The number of carboxylic acids is 1. The summed E-state index contributed by atoms with van der Waals surface area (Å²) in [6, 6.07) is 3.25. The van der Waals surface area contributed by atoms with Crippen LogP contribution in [0.2, 0.25) is 0 Å². The summed E-state index contributed by atoms with van der Waals surface area (Å²) in [6.45, 7) is 4.78. The van der Waals surface area contributed by atoms with Gasteiger partial charge in [0.2, 0.25) is 5.69 Å². The van der Waals surface area contributed by atoms with E-state index in [0.717, 1.165) is 18.1 Å². The Morgan fingerprint density at radius 1 is 1.25 bits per heavy atom. The van der Waals surface area contributed by atoms with E-state index in [4.69, 9.17) is 9.94 Å². The Labute approximate surface area is 113 Å². The van der Waals surface area contributed by atoms with Crippen molar-refractivity contribution in [2.75, 3.05) is 0 Å². The molecule has 0 unspecified atom stereocenters. The maximum Gasteiger partial charge on any atom is 0.360 e. The number of fused-ring (bicyclic) bond motifs is 1. The van der Waals surface area contributed by atoms with Crippen LogP contribution in [0.5, 0.6) is 0 Å². The SMILES string of the molecule is CC(=O)On1c(=O)c(C(=O)O)nc2cc(C)c(C)cc21. The van der Waals surface area contributed by atoms with E-state index < -0.39 is 23.2 Å². The van der Waals surface area contributed by atoms with Crippen molar-refractivity contribution in [3.63, 3.8) is 0 Å². The highest BCUT2D eigenvalue weighted by Crippen LogP contribution is 2.16. The third kappa shape index (κ3) is 2.25. The Balaban J connectivity index is 2.93. The third-order valence-corrected chi connectivity index (χ3v) is 2.85. The summed E-state index contributed by atoms with van der Waals surface area (Å²) >= 11 is 0. The molecule has 0 saturated heterocycles. The molecular weight excluding hydrogens is 264 g/mol. The van der Waals surface area contributed by atoms with Gasteiger partial charge in [-0.15, -0.1) is 4.73 Å². The molecule has 1 heterocycles. The molecule has 20 heavy (non-hydrogen) atoms. The maximum atomic E-state index is 12.0. The lowest BCUT2D eigenvalue weighted by atomic mass is 10.1. The van der Waals surface area contributed by atoms with E-state index >= 15 is 0 Å². The lowest BCUT2D eigenvalue weighted by Crippen LogP contribution is -2.34. The van der Waals surface area contributed by atoms with Gasteiger partial charge in [-0.2, -0.15) is 0 Å². The molecule has 0 amide bonds. The lowest BCUT2D eigenvalue weighted by Gasteiger charge is -2.11. The van der Waals surface area contributed by atoms with Gasteiger partial charge in [0.05, 0.1) is 5.52 Å². The number of benzene rings is 1. The fourth-order valence-corrected chi connectivity index (χ4v) is 1.77. The maximum absolute atomic E-state index is 12.0. The van der Waals surface area contributed by atoms with Gasteiger partial charge < -0.3 is 9.94 Å². The van der Waals surface area contributed by atoms with Crippen LogP contribution in [-0.4, -0.2) is 26.8 Å².